The van der Waals surface area contributed by atoms with Gasteiger partial charge in [-0.25, -0.2) is 18.1 Å². The van der Waals surface area contributed by atoms with E-state index in [0.29, 0.717) is 6.61 Å². The van der Waals surface area contributed by atoms with Crippen molar-refractivity contribution >= 4 is 21.4 Å². The van der Waals surface area contributed by atoms with Crippen LogP contribution in [0.15, 0.2) is 5.51 Å². The molecule has 23 heavy (non-hydrogen) atoms. The van der Waals surface area contributed by atoms with E-state index >= 15 is 0 Å². The van der Waals surface area contributed by atoms with Crippen molar-refractivity contribution in [1.29, 1.82) is 0 Å². The Bertz CT molecular complexity index is 636. The molecule has 130 valence electrons. The van der Waals surface area contributed by atoms with Gasteiger partial charge < -0.3 is 4.74 Å². The molecular weight excluding hydrogens is 334 g/mol. The maximum absolute atomic E-state index is 11.5. The van der Waals surface area contributed by atoms with E-state index in [1.54, 1.807) is 11.3 Å². The Hall–Kier alpha value is -0.540. The molecule has 0 unspecified atom stereocenters. The molecule has 2 fully saturated rings. The largest absolute Gasteiger partial charge is 0.375 e. The van der Waals surface area contributed by atoms with Crippen LogP contribution in [0.4, 0.5) is 0 Å². The minimum Gasteiger partial charge on any atom is -0.375 e. The van der Waals surface area contributed by atoms with Crippen molar-refractivity contribution in [2.75, 3.05) is 26.0 Å². The quantitative estimate of drug-likeness (QED) is 0.882. The number of ether oxygens (including phenoxy) is 1. The van der Waals surface area contributed by atoms with E-state index in [4.69, 9.17) is 4.74 Å². The van der Waals surface area contributed by atoms with Crippen LogP contribution in [0.25, 0.3) is 0 Å². The highest BCUT2D eigenvalue weighted by molar-refractivity contribution is 7.88. The van der Waals surface area contributed by atoms with Gasteiger partial charge in [-0.3, -0.25) is 4.90 Å². The molecule has 8 heteroatoms. The third-order valence-electron chi connectivity index (χ3n) is 4.85. The third-order valence-corrected chi connectivity index (χ3v) is 6.53. The summed E-state index contributed by atoms with van der Waals surface area (Å²) in [6.07, 6.45) is 4.71. The van der Waals surface area contributed by atoms with Gasteiger partial charge in [0, 0.05) is 37.2 Å². The molecule has 2 saturated heterocycles. The number of thiazole rings is 1. The number of likely N-dealkylation sites (tertiary alicyclic amines) is 1. The molecule has 0 saturated carbocycles. The van der Waals surface area contributed by atoms with Crippen LogP contribution in [-0.2, 0) is 21.3 Å². The summed E-state index contributed by atoms with van der Waals surface area (Å²) >= 11 is 1.72. The molecule has 0 bridgehead atoms. The fraction of sp³-hybridized carbons (Fsp3) is 0.800. The first-order chi connectivity index (χ1) is 10.9. The molecule has 2 aliphatic rings. The number of piperidine rings is 1. The maximum atomic E-state index is 11.5. The highest BCUT2D eigenvalue weighted by Crippen LogP contribution is 2.35. The maximum Gasteiger partial charge on any atom is 0.208 e. The van der Waals surface area contributed by atoms with Crippen LogP contribution in [-0.4, -0.2) is 55.9 Å². The molecule has 1 aromatic rings. The van der Waals surface area contributed by atoms with Crippen molar-refractivity contribution in [1.82, 2.24) is 14.6 Å². The Balaban J connectivity index is 1.56. The molecule has 1 spiro atoms. The highest BCUT2D eigenvalue weighted by atomic mass is 32.2. The molecule has 6 nitrogen and oxygen atoms in total. The summed E-state index contributed by atoms with van der Waals surface area (Å²) in [5, 5.41) is 0. The average Bonchev–Trinajstić information content (AvgIpc) is 2.85. The molecule has 1 N–H and O–H groups in total. The molecule has 3 heterocycles. The first-order valence-electron chi connectivity index (χ1n) is 8.08. The number of nitrogens with zero attached hydrogens (tertiary/aromatic N) is 2. The Kier molecular flexibility index (Phi) is 5.08. The molecule has 0 aliphatic carbocycles. The molecule has 1 aromatic heterocycles. The van der Waals surface area contributed by atoms with E-state index in [-0.39, 0.29) is 11.6 Å². The van der Waals surface area contributed by atoms with E-state index in [9.17, 15) is 8.42 Å². The summed E-state index contributed by atoms with van der Waals surface area (Å²) in [7, 11) is -3.15. The highest BCUT2D eigenvalue weighted by Gasteiger charge is 2.40. The molecule has 0 amide bonds. The van der Waals surface area contributed by atoms with Crippen molar-refractivity contribution in [3.8, 4) is 0 Å². The predicted octanol–water partition coefficient (Wildman–Crippen LogP) is 1.51. The minimum absolute atomic E-state index is 0.00837. The molecule has 2 aliphatic heterocycles. The average molecular weight is 360 g/mol. The lowest BCUT2D eigenvalue weighted by atomic mass is 9.82. The first-order valence-corrected chi connectivity index (χ1v) is 10.8. The van der Waals surface area contributed by atoms with Crippen LogP contribution >= 0.6 is 11.3 Å². The Morgan fingerprint density at radius 3 is 2.83 bits per heavy atom. The molecule has 0 radical (unpaired) electrons. The van der Waals surface area contributed by atoms with Gasteiger partial charge in [0.15, 0.2) is 0 Å². The topological polar surface area (TPSA) is 71.5 Å². The summed E-state index contributed by atoms with van der Waals surface area (Å²) < 4.78 is 31.8. The van der Waals surface area contributed by atoms with Crippen LogP contribution in [0, 0.1) is 6.92 Å². The third kappa shape index (κ3) is 4.51. The summed E-state index contributed by atoms with van der Waals surface area (Å²) in [5.41, 5.74) is 2.88. The van der Waals surface area contributed by atoms with Gasteiger partial charge in [0.2, 0.25) is 10.0 Å². The van der Waals surface area contributed by atoms with Gasteiger partial charge in [-0.2, -0.15) is 0 Å². The molecule has 1 atom stereocenters. The zero-order chi connectivity index (χ0) is 16.5. The second-order valence-corrected chi connectivity index (χ2v) is 9.47. The number of rotatable bonds is 4. The van der Waals surface area contributed by atoms with Crippen molar-refractivity contribution in [2.45, 2.75) is 50.8 Å². The summed E-state index contributed by atoms with van der Waals surface area (Å²) in [5.74, 6) is 0. The number of nitrogens with one attached hydrogen (secondary N) is 1. The van der Waals surface area contributed by atoms with Crippen molar-refractivity contribution in [2.24, 2.45) is 0 Å². The lowest BCUT2D eigenvalue weighted by Gasteiger charge is -2.46. The van der Waals surface area contributed by atoms with Crippen LogP contribution in [0.3, 0.4) is 0 Å². The van der Waals surface area contributed by atoms with Gasteiger partial charge in [0.05, 0.1) is 23.1 Å². The monoisotopic (exact) mass is 359 g/mol. The van der Waals surface area contributed by atoms with E-state index in [0.717, 1.165) is 51.0 Å². The zero-order valence-corrected chi connectivity index (χ0v) is 15.4. The minimum atomic E-state index is -3.15. The Labute approximate surface area is 142 Å². The van der Waals surface area contributed by atoms with Crippen molar-refractivity contribution in [3.05, 3.63) is 16.1 Å². The molecule has 0 aromatic carbocycles. The van der Waals surface area contributed by atoms with E-state index in [1.807, 2.05) is 5.51 Å². The van der Waals surface area contributed by atoms with Crippen LogP contribution < -0.4 is 4.72 Å². The standard InChI is InChI=1S/C15H25N3O3S2/c1-12-14(22-11-16-12)10-18-6-4-15(5-7-18)9-13(3-8-21-15)17-23(2,19)20/h11,13,17H,3-10H2,1-2H3/t13-/m1/s1. The summed E-state index contributed by atoms with van der Waals surface area (Å²) in [4.78, 5) is 8.09. The van der Waals surface area contributed by atoms with Crippen LogP contribution in [0.5, 0.6) is 0 Å². The fourth-order valence-corrected chi connectivity index (χ4v) is 5.20. The number of sulfonamides is 1. The lowest BCUT2D eigenvalue weighted by molar-refractivity contribution is -0.118. The number of aryl methyl sites for hydroxylation is 1. The van der Waals surface area contributed by atoms with Gasteiger partial charge in [-0.05, 0) is 32.6 Å². The Morgan fingerprint density at radius 1 is 1.48 bits per heavy atom. The van der Waals surface area contributed by atoms with E-state index in [2.05, 4.69) is 21.5 Å². The normalized spacial score (nSPS) is 25.7. The van der Waals surface area contributed by atoms with Crippen LogP contribution in [0.1, 0.15) is 36.3 Å². The number of aromatic nitrogens is 1. The number of hydrogen-bond acceptors (Lipinski definition) is 6. The van der Waals surface area contributed by atoms with Crippen molar-refractivity contribution in [3.63, 3.8) is 0 Å². The van der Waals surface area contributed by atoms with Gasteiger partial charge in [0.25, 0.3) is 0 Å². The second kappa shape index (κ2) is 6.76. The smallest absolute Gasteiger partial charge is 0.208 e. The summed E-state index contributed by atoms with van der Waals surface area (Å²) in [6, 6.07) is 0.00837. The second-order valence-electron chi connectivity index (χ2n) is 6.75. The predicted molar refractivity (Wildman–Crippen MR) is 91.0 cm³/mol. The van der Waals surface area contributed by atoms with Gasteiger partial charge in [-0.1, -0.05) is 0 Å². The number of hydrogen-bond donors (Lipinski definition) is 1. The SMILES string of the molecule is Cc1ncsc1CN1CCC2(CC1)C[C@H](NS(C)(=O)=O)CCO2. The Morgan fingerprint density at radius 2 is 2.22 bits per heavy atom. The van der Waals surface area contributed by atoms with Gasteiger partial charge >= 0.3 is 0 Å². The van der Waals surface area contributed by atoms with E-state index < -0.39 is 10.0 Å². The zero-order valence-electron chi connectivity index (χ0n) is 13.7. The van der Waals surface area contributed by atoms with Gasteiger partial charge in [0.1, 0.15) is 0 Å². The first kappa shape index (κ1) is 17.3. The molecular formula is C15H25N3O3S2. The van der Waals surface area contributed by atoms with Gasteiger partial charge in [-0.15, -0.1) is 11.3 Å². The fourth-order valence-electron chi connectivity index (χ4n) is 3.58. The lowest BCUT2D eigenvalue weighted by Crippen LogP contribution is -2.53. The summed E-state index contributed by atoms with van der Waals surface area (Å²) in [6.45, 7) is 5.63. The van der Waals surface area contributed by atoms with E-state index in [1.165, 1.54) is 11.1 Å². The molecule has 3 rings (SSSR count). The van der Waals surface area contributed by atoms with Crippen LogP contribution in [0.2, 0.25) is 0 Å². The van der Waals surface area contributed by atoms with Crippen molar-refractivity contribution < 1.29 is 13.2 Å².